The van der Waals surface area contributed by atoms with E-state index in [1.807, 2.05) is 0 Å². The predicted octanol–water partition coefficient (Wildman–Crippen LogP) is 0.0166. The van der Waals surface area contributed by atoms with Crippen LogP contribution in [0, 0.1) is 11.8 Å². The highest BCUT2D eigenvalue weighted by Gasteiger charge is 2.41. The van der Waals surface area contributed by atoms with Gasteiger partial charge in [0.2, 0.25) is 0 Å². The minimum absolute atomic E-state index is 0.204. The SMILES string of the molecule is CC1C(=O)N(O)C(=O)C1C. The standard InChI is InChI=1S/C6H9NO3/c1-3-4(2)6(9)7(10)5(3)8/h3-4,10H,1-2H3. The van der Waals surface area contributed by atoms with E-state index in [9.17, 15) is 9.59 Å². The van der Waals surface area contributed by atoms with E-state index in [1.54, 1.807) is 13.8 Å². The summed E-state index contributed by atoms with van der Waals surface area (Å²) in [6.07, 6.45) is 0. The van der Waals surface area contributed by atoms with Crippen molar-refractivity contribution in [3.05, 3.63) is 0 Å². The Hall–Kier alpha value is -0.900. The largest absolute Gasteiger partial charge is 0.278 e. The molecule has 1 fully saturated rings. The van der Waals surface area contributed by atoms with Gasteiger partial charge in [-0.3, -0.25) is 14.8 Å². The molecule has 1 rings (SSSR count). The summed E-state index contributed by atoms with van der Waals surface area (Å²) in [5, 5.41) is 8.94. The number of hydrogen-bond donors (Lipinski definition) is 1. The summed E-state index contributed by atoms with van der Waals surface area (Å²) in [6.45, 7) is 3.25. The molecule has 0 aliphatic carbocycles. The zero-order valence-corrected chi connectivity index (χ0v) is 5.87. The van der Waals surface area contributed by atoms with E-state index in [-0.39, 0.29) is 16.9 Å². The number of imide groups is 1. The summed E-state index contributed by atoms with van der Waals surface area (Å²) >= 11 is 0. The van der Waals surface area contributed by atoms with E-state index < -0.39 is 11.8 Å². The number of rotatable bonds is 0. The van der Waals surface area contributed by atoms with Gasteiger partial charge in [-0.05, 0) is 0 Å². The first-order valence-electron chi connectivity index (χ1n) is 3.12. The number of hydroxylamine groups is 2. The number of hydrogen-bond acceptors (Lipinski definition) is 3. The third-order valence-electron chi connectivity index (χ3n) is 1.95. The van der Waals surface area contributed by atoms with Gasteiger partial charge in [0, 0.05) is 11.8 Å². The van der Waals surface area contributed by atoms with Crippen molar-refractivity contribution in [3.63, 3.8) is 0 Å². The highest BCUT2D eigenvalue weighted by atomic mass is 16.5. The van der Waals surface area contributed by atoms with E-state index >= 15 is 0 Å². The minimum Gasteiger partial charge on any atom is -0.278 e. The molecule has 2 atom stereocenters. The molecule has 4 heteroatoms. The fraction of sp³-hybridized carbons (Fsp3) is 0.667. The molecule has 0 aromatic rings. The molecular formula is C6H9NO3. The average molecular weight is 143 g/mol. The monoisotopic (exact) mass is 143 g/mol. The second kappa shape index (κ2) is 2.05. The fourth-order valence-electron chi connectivity index (χ4n) is 0.922. The Labute approximate surface area is 58.4 Å². The van der Waals surface area contributed by atoms with Crippen molar-refractivity contribution in [2.24, 2.45) is 11.8 Å². The van der Waals surface area contributed by atoms with Crippen LogP contribution >= 0.6 is 0 Å². The van der Waals surface area contributed by atoms with Gasteiger partial charge < -0.3 is 0 Å². The van der Waals surface area contributed by atoms with Crippen molar-refractivity contribution in [2.45, 2.75) is 13.8 Å². The van der Waals surface area contributed by atoms with Gasteiger partial charge in [0.25, 0.3) is 11.8 Å². The van der Waals surface area contributed by atoms with Gasteiger partial charge in [-0.25, -0.2) is 0 Å². The molecule has 1 aliphatic heterocycles. The quantitative estimate of drug-likeness (QED) is 0.384. The minimum atomic E-state index is -0.502. The van der Waals surface area contributed by atoms with Crippen LogP contribution in [0.4, 0.5) is 0 Å². The zero-order chi connectivity index (χ0) is 7.89. The molecule has 0 saturated carbocycles. The Morgan fingerprint density at radius 2 is 1.50 bits per heavy atom. The topological polar surface area (TPSA) is 57.6 Å². The molecule has 1 saturated heterocycles. The van der Waals surface area contributed by atoms with Crippen LogP contribution in [0.2, 0.25) is 0 Å². The maximum absolute atomic E-state index is 10.8. The van der Waals surface area contributed by atoms with Crippen molar-refractivity contribution in [3.8, 4) is 0 Å². The maximum atomic E-state index is 10.8. The highest BCUT2D eigenvalue weighted by molar-refractivity contribution is 6.03. The lowest BCUT2D eigenvalue weighted by atomic mass is 10.00. The number of carbonyl (C=O) groups is 2. The molecule has 56 valence electrons. The Morgan fingerprint density at radius 3 is 1.60 bits per heavy atom. The van der Waals surface area contributed by atoms with Crippen LogP contribution < -0.4 is 0 Å². The van der Waals surface area contributed by atoms with Crippen molar-refractivity contribution < 1.29 is 14.8 Å². The molecule has 1 aliphatic rings. The molecule has 2 unspecified atom stereocenters. The molecule has 10 heavy (non-hydrogen) atoms. The first-order chi connectivity index (χ1) is 4.55. The Kier molecular flexibility index (Phi) is 1.48. The third kappa shape index (κ3) is 0.724. The average Bonchev–Trinajstić information content (AvgIpc) is 2.07. The van der Waals surface area contributed by atoms with Crippen LogP contribution in [0.5, 0.6) is 0 Å². The Bertz CT molecular complexity index is 169. The zero-order valence-electron chi connectivity index (χ0n) is 5.87. The molecule has 0 radical (unpaired) electrons. The van der Waals surface area contributed by atoms with Gasteiger partial charge >= 0.3 is 0 Å². The number of carbonyl (C=O) groups excluding carboxylic acids is 2. The van der Waals surface area contributed by atoms with Gasteiger partial charge in [0.15, 0.2) is 0 Å². The van der Waals surface area contributed by atoms with Crippen LogP contribution in [-0.2, 0) is 9.59 Å². The van der Waals surface area contributed by atoms with Gasteiger partial charge in [-0.2, -0.15) is 5.06 Å². The number of nitrogens with zero attached hydrogens (tertiary/aromatic N) is 1. The van der Waals surface area contributed by atoms with Gasteiger partial charge in [-0.15, -0.1) is 0 Å². The summed E-state index contributed by atoms with van der Waals surface area (Å²) in [4.78, 5) is 21.6. The van der Waals surface area contributed by atoms with E-state index in [4.69, 9.17) is 5.21 Å². The van der Waals surface area contributed by atoms with E-state index in [2.05, 4.69) is 0 Å². The summed E-state index contributed by atoms with van der Waals surface area (Å²) < 4.78 is 0. The smallest absolute Gasteiger partial charge is 0.256 e. The van der Waals surface area contributed by atoms with Crippen LogP contribution in [0.15, 0.2) is 0 Å². The molecule has 0 bridgehead atoms. The van der Waals surface area contributed by atoms with E-state index in [0.717, 1.165) is 0 Å². The van der Waals surface area contributed by atoms with Gasteiger partial charge in [-0.1, -0.05) is 13.8 Å². The maximum Gasteiger partial charge on any atom is 0.256 e. The van der Waals surface area contributed by atoms with Crippen LogP contribution in [0.1, 0.15) is 13.8 Å². The lowest BCUT2D eigenvalue weighted by Crippen LogP contribution is -2.26. The fourth-order valence-corrected chi connectivity index (χ4v) is 0.922. The van der Waals surface area contributed by atoms with Crippen molar-refractivity contribution in [1.29, 1.82) is 0 Å². The third-order valence-corrected chi connectivity index (χ3v) is 1.95. The molecule has 4 nitrogen and oxygen atoms in total. The van der Waals surface area contributed by atoms with Crippen LogP contribution in [-0.4, -0.2) is 22.1 Å². The molecule has 0 spiro atoms. The Balaban J connectivity index is 2.89. The highest BCUT2D eigenvalue weighted by Crippen LogP contribution is 2.23. The molecule has 0 aromatic heterocycles. The normalized spacial score (nSPS) is 33.7. The Morgan fingerprint density at radius 1 is 1.20 bits per heavy atom. The summed E-state index contributed by atoms with van der Waals surface area (Å²) in [6, 6.07) is 0. The lowest BCUT2D eigenvalue weighted by molar-refractivity contribution is -0.172. The van der Waals surface area contributed by atoms with Gasteiger partial charge in [0.1, 0.15) is 0 Å². The van der Waals surface area contributed by atoms with Crippen LogP contribution in [0.3, 0.4) is 0 Å². The second-order valence-electron chi connectivity index (χ2n) is 2.57. The molecule has 1 N–H and O–H groups in total. The second-order valence-corrected chi connectivity index (χ2v) is 2.57. The summed E-state index contributed by atoms with van der Waals surface area (Å²) in [7, 11) is 0. The predicted molar refractivity (Wildman–Crippen MR) is 32.0 cm³/mol. The summed E-state index contributed by atoms with van der Waals surface area (Å²) in [5.41, 5.74) is 0. The van der Waals surface area contributed by atoms with Gasteiger partial charge in [0.05, 0.1) is 0 Å². The van der Waals surface area contributed by atoms with Crippen molar-refractivity contribution >= 4 is 11.8 Å². The first kappa shape index (κ1) is 7.21. The molecular weight excluding hydrogens is 134 g/mol. The molecule has 1 heterocycles. The number of amides is 2. The van der Waals surface area contributed by atoms with Crippen molar-refractivity contribution in [1.82, 2.24) is 5.06 Å². The molecule has 2 amide bonds. The van der Waals surface area contributed by atoms with E-state index in [1.165, 1.54) is 0 Å². The summed E-state index contributed by atoms with van der Waals surface area (Å²) in [5.74, 6) is -1.76. The molecule has 0 aromatic carbocycles. The lowest BCUT2D eigenvalue weighted by Gasteiger charge is -2.00. The van der Waals surface area contributed by atoms with Crippen molar-refractivity contribution in [2.75, 3.05) is 0 Å². The first-order valence-corrected chi connectivity index (χ1v) is 3.12. The van der Waals surface area contributed by atoms with Crippen LogP contribution in [0.25, 0.3) is 0 Å². The van der Waals surface area contributed by atoms with E-state index in [0.29, 0.717) is 0 Å².